The summed E-state index contributed by atoms with van der Waals surface area (Å²) in [5.74, 6) is 0.0400. The summed E-state index contributed by atoms with van der Waals surface area (Å²) in [6.45, 7) is 3.72. The first kappa shape index (κ1) is 17.5. The van der Waals surface area contributed by atoms with Gasteiger partial charge >= 0.3 is 0 Å². The van der Waals surface area contributed by atoms with Gasteiger partial charge in [0, 0.05) is 0 Å². The van der Waals surface area contributed by atoms with Crippen molar-refractivity contribution in [1.29, 1.82) is 0 Å². The van der Waals surface area contributed by atoms with Gasteiger partial charge in [0.25, 0.3) is 5.91 Å². The molecule has 2 N–H and O–H groups in total. The van der Waals surface area contributed by atoms with Crippen molar-refractivity contribution in [3.8, 4) is 5.75 Å². The number of carbonyl (C=O) groups is 2. The molecule has 0 saturated heterocycles. The van der Waals surface area contributed by atoms with Crippen molar-refractivity contribution in [2.24, 2.45) is 0 Å². The molecule has 0 aliphatic carbocycles. The van der Waals surface area contributed by atoms with E-state index in [0.29, 0.717) is 5.75 Å². The zero-order valence-corrected chi connectivity index (χ0v) is 13.9. The molecule has 5 nitrogen and oxygen atoms in total. The van der Waals surface area contributed by atoms with Crippen LogP contribution in [0.2, 0.25) is 0 Å². The number of benzene rings is 2. The molecule has 0 aliphatic rings. The van der Waals surface area contributed by atoms with Crippen LogP contribution in [0.1, 0.15) is 24.1 Å². The van der Waals surface area contributed by atoms with Crippen LogP contribution in [0.5, 0.6) is 5.75 Å². The van der Waals surface area contributed by atoms with E-state index < -0.39 is 0 Å². The Hall–Kier alpha value is -2.82. The van der Waals surface area contributed by atoms with Gasteiger partial charge in [0.2, 0.25) is 5.91 Å². The van der Waals surface area contributed by atoms with E-state index >= 15 is 0 Å². The SMILES string of the molecule is Cc1ccc(C(C)NC(=O)CNC(=O)COc2ccccc2)cc1. The lowest BCUT2D eigenvalue weighted by Crippen LogP contribution is -2.39. The minimum absolute atomic E-state index is 0.0762. The molecule has 126 valence electrons. The lowest BCUT2D eigenvalue weighted by molar-refractivity contribution is -0.127. The highest BCUT2D eigenvalue weighted by Crippen LogP contribution is 2.12. The van der Waals surface area contributed by atoms with E-state index in [1.54, 1.807) is 12.1 Å². The highest BCUT2D eigenvalue weighted by molar-refractivity contribution is 5.85. The molecule has 5 heteroatoms. The zero-order chi connectivity index (χ0) is 17.4. The van der Waals surface area contributed by atoms with Crippen LogP contribution in [-0.2, 0) is 9.59 Å². The Morgan fingerprint density at radius 1 is 1.00 bits per heavy atom. The molecule has 0 spiro atoms. The standard InChI is InChI=1S/C19H22N2O3/c1-14-8-10-16(11-9-14)15(2)21-18(22)12-20-19(23)13-24-17-6-4-3-5-7-17/h3-11,15H,12-13H2,1-2H3,(H,20,23)(H,21,22). The third-order valence-corrected chi connectivity index (χ3v) is 3.51. The van der Waals surface area contributed by atoms with Crippen LogP contribution >= 0.6 is 0 Å². The van der Waals surface area contributed by atoms with Gasteiger partial charge in [-0.05, 0) is 31.5 Å². The first-order valence-corrected chi connectivity index (χ1v) is 7.85. The maximum atomic E-state index is 11.9. The highest BCUT2D eigenvalue weighted by atomic mass is 16.5. The van der Waals surface area contributed by atoms with Crippen molar-refractivity contribution >= 4 is 11.8 Å². The molecule has 2 aromatic carbocycles. The average Bonchev–Trinajstić information content (AvgIpc) is 2.59. The van der Waals surface area contributed by atoms with Gasteiger partial charge in [0.05, 0.1) is 12.6 Å². The van der Waals surface area contributed by atoms with E-state index in [-0.39, 0.29) is 31.0 Å². The number of para-hydroxylation sites is 1. The first-order valence-electron chi connectivity index (χ1n) is 7.85. The van der Waals surface area contributed by atoms with Crippen LogP contribution in [0, 0.1) is 6.92 Å². The Morgan fingerprint density at radius 3 is 2.33 bits per heavy atom. The number of aryl methyl sites for hydroxylation is 1. The summed E-state index contributed by atoms with van der Waals surface area (Å²) >= 11 is 0. The molecule has 2 amide bonds. The quantitative estimate of drug-likeness (QED) is 0.821. The summed E-state index contributed by atoms with van der Waals surface area (Å²) in [6, 6.07) is 16.9. The molecule has 2 rings (SSSR count). The van der Waals surface area contributed by atoms with Crippen LogP contribution in [0.4, 0.5) is 0 Å². The summed E-state index contributed by atoms with van der Waals surface area (Å²) < 4.78 is 5.32. The summed E-state index contributed by atoms with van der Waals surface area (Å²) in [7, 11) is 0. The van der Waals surface area contributed by atoms with Crippen LogP contribution in [0.25, 0.3) is 0 Å². The molecule has 0 bridgehead atoms. The normalized spacial score (nSPS) is 11.4. The molecular formula is C19H22N2O3. The lowest BCUT2D eigenvalue weighted by Gasteiger charge is -2.15. The Balaban J connectivity index is 1.70. The predicted octanol–water partition coefficient (Wildman–Crippen LogP) is 2.37. The third-order valence-electron chi connectivity index (χ3n) is 3.51. The topological polar surface area (TPSA) is 67.4 Å². The summed E-state index contributed by atoms with van der Waals surface area (Å²) in [5, 5.41) is 5.39. The summed E-state index contributed by atoms with van der Waals surface area (Å²) in [6.07, 6.45) is 0. The van der Waals surface area contributed by atoms with Crippen molar-refractivity contribution < 1.29 is 14.3 Å². The molecule has 0 saturated carbocycles. The smallest absolute Gasteiger partial charge is 0.258 e. The molecule has 0 aliphatic heterocycles. The molecule has 1 unspecified atom stereocenters. The van der Waals surface area contributed by atoms with Gasteiger partial charge in [-0.1, -0.05) is 48.0 Å². The van der Waals surface area contributed by atoms with Crippen LogP contribution in [0.3, 0.4) is 0 Å². The summed E-state index contributed by atoms with van der Waals surface area (Å²) in [4.78, 5) is 23.6. The number of amides is 2. The Morgan fingerprint density at radius 2 is 1.67 bits per heavy atom. The van der Waals surface area contributed by atoms with Gasteiger partial charge in [-0.15, -0.1) is 0 Å². The van der Waals surface area contributed by atoms with Crippen molar-refractivity contribution in [1.82, 2.24) is 10.6 Å². The predicted molar refractivity (Wildman–Crippen MR) is 92.7 cm³/mol. The van der Waals surface area contributed by atoms with Crippen molar-refractivity contribution in [2.45, 2.75) is 19.9 Å². The molecule has 2 aromatic rings. The fraction of sp³-hybridized carbons (Fsp3) is 0.263. The average molecular weight is 326 g/mol. The maximum Gasteiger partial charge on any atom is 0.258 e. The second-order valence-corrected chi connectivity index (χ2v) is 5.58. The van der Waals surface area contributed by atoms with Crippen molar-refractivity contribution in [3.63, 3.8) is 0 Å². The van der Waals surface area contributed by atoms with Gasteiger partial charge in [-0.25, -0.2) is 0 Å². The fourth-order valence-electron chi connectivity index (χ4n) is 2.13. The minimum atomic E-state index is -0.336. The fourth-order valence-corrected chi connectivity index (χ4v) is 2.13. The van der Waals surface area contributed by atoms with Gasteiger partial charge in [0.15, 0.2) is 6.61 Å². The second kappa shape index (κ2) is 8.72. The minimum Gasteiger partial charge on any atom is -0.484 e. The molecule has 1 atom stereocenters. The van der Waals surface area contributed by atoms with Crippen LogP contribution in [-0.4, -0.2) is 25.0 Å². The second-order valence-electron chi connectivity index (χ2n) is 5.58. The molecule has 24 heavy (non-hydrogen) atoms. The van der Waals surface area contributed by atoms with Gasteiger partial charge in [-0.3, -0.25) is 9.59 Å². The summed E-state index contributed by atoms with van der Waals surface area (Å²) in [5.41, 5.74) is 2.19. The maximum absolute atomic E-state index is 11.9. The van der Waals surface area contributed by atoms with Crippen molar-refractivity contribution in [2.75, 3.05) is 13.2 Å². The van der Waals surface area contributed by atoms with E-state index in [0.717, 1.165) is 5.56 Å². The van der Waals surface area contributed by atoms with Crippen LogP contribution < -0.4 is 15.4 Å². The first-order chi connectivity index (χ1) is 11.5. The van der Waals surface area contributed by atoms with Gasteiger partial charge < -0.3 is 15.4 Å². The van der Waals surface area contributed by atoms with E-state index in [4.69, 9.17) is 4.74 Å². The number of hydrogen-bond acceptors (Lipinski definition) is 3. The Labute approximate surface area is 142 Å². The number of carbonyl (C=O) groups excluding carboxylic acids is 2. The number of hydrogen-bond donors (Lipinski definition) is 2. The molecule has 0 aromatic heterocycles. The lowest BCUT2D eigenvalue weighted by atomic mass is 10.1. The largest absolute Gasteiger partial charge is 0.484 e. The van der Waals surface area contributed by atoms with Gasteiger partial charge in [-0.2, -0.15) is 0 Å². The van der Waals surface area contributed by atoms with Gasteiger partial charge in [0.1, 0.15) is 5.75 Å². The number of rotatable bonds is 7. The van der Waals surface area contributed by atoms with E-state index in [1.807, 2.05) is 56.3 Å². The monoisotopic (exact) mass is 326 g/mol. The van der Waals surface area contributed by atoms with E-state index in [2.05, 4.69) is 10.6 Å². The number of ether oxygens (including phenoxy) is 1. The Kier molecular flexibility index (Phi) is 6.37. The molecule has 0 fully saturated rings. The van der Waals surface area contributed by atoms with E-state index in [1.165, 1.54) is 5.56 Å². The zero-order valence-electron chi connectivity index (χ0n) is 13.9. The van der Waals surface area contributed by atoms with E-state index in [9.17, 15) is 9.59 Å². The molecule has 0 radical (unpaired) electrons. The Bertz CT molecular complexity index is 669. The van der Waals surface area contributed by atoms with Crippen molar-refractivity contribution in [3.05, 3.63) is 65.7 Å². The third kappa shape index (κ3) is 5.76. The number of nitrogens with one attached hydrogen (secondary N) is 2. The van der Waals surface area contributed by atoms with Crippen LogP contribution in [0.15, 0.2) is 54.6 Å². The highest BCUT2D eigenvalue weighted by Gasteiger charge is 2.11. The molecular weight excluding hydrogens is 304 g/mol. The molecule has 0 heterocycles.